The summed E-state index contributed by atoms with van der Waals surface area (Å²) in [5, 5.41) is 2.87. The van der Waals surface area contributed by atoms with E-state index in [1.807, 2.05) is 4.90 Å². The van der Waals surface area contributed by atoms with Crippen LogP contribution in [0.1, 0.15) is 62.7 Å². The van der Waals surface area contributed by atoms with Crippen molar-refractivity contribution in [1.82, 2.24) is 25.0 Å². The van der Waals surface area contributed by atoms with E-state index in [9.17, 15) is 9.59 Å². The van der Waals surface area contributed by atoms with Crippen LogP contribution in [-0.4, -0.2) is 70.9 Å². The highest BCUT2D eigenvalue weighted by molar-refractivity contribution is 5.80. The van der Waals surface area contributed by atoms with E-state index in [0.717, 1.165) is 32.2 Å². The molecular formula is C28H39N5O3. The molecule has 2 saturated carbocycles. The molecule has 5 rings (SSSR count). The van der Waals surface area contributed by atoms with E-state index in [1.165, 1.54) is 31.2 Å². The van der Waals surface area contributed by atoms with Crippen molar-refractivity contribution in [1.29, 1.82) is 0 Å². The van der Waals surface area contributed by atoms with Crippen molar-refractivity contribution in [2.75, 3.05) is 33.7 Å². The summed E-state index contributed by atoms with van der Waals surface area (Å²) in [6.07, 6.45) is 10.9. The molecule has 2 aliphatic carbocycles. The smallest absolute Gasteiger partial charge is 0.320 e. The third kappa shape index (κ3) is 4.75. The zero-order chi connectivity index (χ0) is 25.2. The molecule has 3 amide bonds. The average Bonchev–Trinajstić information content (AvgIpc) is 3.47. The molecule has 36 heavy (non-hydrogen) atoms. The van der Waals surface area contributed by atoms with Gasteiger partial charge in [0.05, 0.1) is 18.3 Å². The van der Waals surface area contributed by atoms with E-state index in [2.05, 4.69) is 64.5 Å². The SMILES string of the molecule is CN(C)[C@]1(c2ccccc2)CC[C@]2(CC1)CN(CCC(=O)NCc1cnco1)C(=O)N2CC1CCC1. The number of nitrogens with zero attached hydrogens (tertiary/aromatic N) is 4. The standard InChI is InChI=1S/C28H39N5O3/c1-31(2)28(23-9-4-3-5-10-23)14-12-27(13-15-28)20-32(26(35)33(27)19-22-7-6-8-22)16-11-25(34)30-18-24-17-29-21-36-24/h3-5,9-10,17,21-22H,6-8,11-16,18-20H2,1-2H3,(H,30,34)/t27-,28+. The van der Waals surface area contributed by atoms with Gasteiger partial charge in [0, 0.05) is 31.6 Å². The van der Waals surface area contributed by atoms with Gasteiger partial charge in [0.2, 0.25) is 5.91 Å². The molecule has 1 saturated heterocycles. The Labute approximate surface area is 214 Å². The molecule has 194 valence electrons. The van der Waals surface area contributed by atoms with Crippen LogP contribution in [0.5, 0.6) is 0 Å². The Morgan fingerprint density at radius 1 is 1.17 bits per heavy atom. The molecular weight excluding hydrogens is 454 g/mol. The maximum absolute atomic E-state index is 13.7. The van der Waals surface area contributed by atoms with Gasteiger partial charge < -0.3 is 19.5 Å². The van der Waals surface area contributed by atoms with Crippen LogP contribution in [-0.2, 0) is 16.9 Å². The number of rotatable bonds is 9. The van der Waals surface area contributed by atoms with Gasteiger partial charge in [0.1, 0.15) is 5.76 Å². The molecule has 0 bridgehead atoms. The van der Waals surface area contributed by atoms with Crippen molar-refractivity contribution in [3.05, 3.63) is 54.2 Å². The molecule has 8 heteroatoms. The first-order valence-electron chi connectivity index (χ1n) is 13.4. The van der Waals surface area contributed by atoms with Gasteiger partial charge in [-0.15, -0.1) is 0 Å². The van der Waals surface area contributed by atoms with Gasteiger partial charge in [0.15, 0.2) is 6.39 Å². The van der Waals surface area contributed by atoms with E-state index in [-0.39, 0.29) is 23.0 Å². The quantitative estimate of drug-likeness (QED) is 0.571. The van der Waals surface area contributed by atoms with Gasteiger partial charge in [-0.3, -0.25) is 9.69 Å². The van der Waals surface area contributed by atoms with Crippen LogP contribution < -0.4 is 5.32 Å². The number of hydrogen-bond acceptors (Lipinski definition) is 5. The fourth-order valence-electron chi connectivity index (χ4n) is 6.40. The minimum Gasteiger partial charge on any atom is -0.447 e. The lowest BCUT2D eigenvalue weighted by atomic mass is 9.68. The summed E-state index contributed by atoms with van der Waals surface area (Å²) < 4.78 is 5.19. The maximum atomic E-state index is 13.7. The fourth-order valence-corrected chi connectivity index (χ4v) is 6.40. The highest BCUT2D eigenvalue weighted by atomic mass is 16.3. The van der Waals surface area contributed by atoms with E-state index in [0.29, 0.717) is 37.7 Å². The largest absolute Gasteiger partial charge is 0.447 e. The molecule has 1 N–H and O–H groups in total. The van der Waals surface area contributed by atoms with Crippen molar-refractivity contribution in [2.45, 2.75) is 69.0 Å². The van der Waals surface area contributed by atoms with Gasteiger partial charge in [-0.05, 0) is 64.1 Å². The lowest BCUT2D eigenvalue weighted by Crippen LogP contribution is -2.56. The fraction of sp³-hybridized carbons (Fsp3) is 0.607. The summed E-state index contributed by atoms with van der Waals surface area (Å²) in [4.78, 5) is 36.5. The van der Waals surface area contributed by atoms with Crippen LogP contribution >= 0.6 is 0 Å². The minimum absolute atomic E-state index is 0.00822. The summed E-state index contributed by atoms with van der Waals surface area (Å²) in [6.45, 7) is 2.33. The number of urea groups is 1. The molecule has 3 fully saturated rings. The number of carbonyl (C=O) groups is 2. The van der Waals surface area contributed by atoms with Gasteiger partial charge in [0.25, 0.3) is 0 Å². The molecule has 2 aromatic rings. The second kappa shape index (κ2) is 10.2. The number of nitrogens with one attached hydrogen (secondary N) is 1. The van der Waals surface area contributed by atoms with Gasteiger partial charge >= 0.3 is 6.03 Å². The van der Waals surface area contributed by atoms with E-state index in [4.69, 9.17) is 4.42 Å². The molecule has 1 aromatic carbocycles. The van der Waals surface area contributed by atoms with Gasteiger partial charge in [-0.2, -0.15) is 0 Å². The normalized spacial score (nSPS) is 26.6. The van der Waals surface area contributed by atoms with Crippen molar-refractivity contribution in [2.24, 2.45) is 5.92 Å². The van der Waals surface area contributed by atoms with Crippen LogP contribution in [0, 0.1) is 5.92 Å². The second-order valence-corrected chi connectivity index (χ2v) is 11.1. The first-order valence-corrected chi connectivity index (χ1v) is 13.4. The zero-order valence-electron chi connectivity index (χ0n) is 21.6. The van der Waals surface area contributed by atoms with Crippen molar-refractivity contribution < 1.29 is 14.0 Å². The molecule has 1 aromatic heterocycles. The minimum atomic E-state index is -0.142. The molecule has 0 unspecified atom stereocenters. The molecule has 1 spiro atoms. The molecule has 1 aliphatic heterocycles. The van der Waals surface area contributed by atoms with Crippen LogP contribution in [0.2, 0.25) is 0 Å². The maximum Gasteiger partial charge on any atom is 0.320 e. The molecule has 0 atom stereocenters. The lowest BCUT2D eigenvalue weighted by molar-refractivity contribution is -0.121. The summed E-state index contributed by atoms with van der Waals surface area (Å²) >= 11 is 0. The second-order valence-electron chi connectivity index (χ2n) is 11.1. The molecule has 0 radical (unpaired) electrons. The Hall–Kier alpha value is -2.87. The molecule has 3 aliphatic rings. The molecule has 8 nitrogen and oxygen atoms in total. The highest BCUT2D eigenvalue weighted by Crippen LogP contribution is 2.49. The topological polar surface area (TPSA) is 81.9 Å². The summed E-state index contributed by atoms with van der Waals surface area (Å²) in [6, 6.07) is 10.9. The van der Waals surface area contributed by atoms with Crippen LogP contribution in [0.3, 0.4) is 0 Å². The number of aromatic nitrogens is 1. The number of amides is 3. The van der Waals surface area contributed by atoms with E-state index >= 15 is 0 Å². The van der Waals surface area contributed by atoms with E-state index < -0.39 is 0 Å². The van der Waals surface area contributed by atoms with Crippen LogP contribution in [0.4, 0.5) is 4.79 Å². The summed E-state index contributed by atoms with van der Waals surface area (Å²) in [7, 11) is 4.36. The Morgan fingerprint density at radius 3 is 2.53 bits per heavy atom. The van der Waals surface area contributed by atoms with Crippen LogP contribution in [0.25, 0.3) is 0 Å². The summed E-state index contributed by atoms with van der Waals surface area (Å²) in [5.74, 6) is 1.16. The van der Waals surface area contributed by atoms with Crippen molar-refractivity contribution >= 4 is 11.9 Å². The van der Waals surface area contributed by atoms with Gasteiger partial charge in [-0.1, -0.05) is 36.8 Å². The van der Waals surface area contributed by atoms with Crippen molar-refractivity contribution in [3.63, 3.8) is 0 Å². The van der Waals surface area contributed by atoms with Crippen LogP contribution in [0.15, 0.2) is 47.3 Å². The predicted molar refractivity (Wildman–Crippen MR) is 137 cm³/mol. The van der Waals surface area contributed by atoms with E-state index in [1.54, 1.807) is 6.20 Å². The molecule has 2 heterocycles. The number of oxazole rings is 1. The number of carbonyl (C=O) groups excluding carboxylic acids is 2. The average molecular weight is 494 g/mol. The summed E-state index contributed by atoms with van der Waals surface area (Å²) in [5.41, 5.74) is 1.21. The lowest BCUT2D eigenvalue weighted by Gasteiger charge is -2.51. The first kappa shape index (κ1) is 24.8. The monoisotopic (exact) mass is 493 g/mol. The third-order valence-electron chi connectivity index (χ3n) is 8.95. The van der Waals surface area contributed by atoms with Gasteiger partial charge in [-0.25, -0.2) is 9.78 Å². The Kier molecular flexibility index (Phi) is 7.06. The Morgan fingerprint density at radius 2 is 1.92 bits per heavy atom. The van der Waals surface area contributed by atoms with Crippen molar-refractivity contribution in [3.8, 4) is 0 Å². The first-order chi connectivity index (χ1) is 17.4. The highest BCUT2D eigenvalue weighted by Gasteiger charge is 2.54. The Bertz CT molecular complexity index is 1030. The number of benzene rings is 1. The number of hydrogen-bond donors (Lipinski definition) is 1. The Balaban J connectivity index is 1.27. The predicted octanol–water partition coefficient (Wildman–Crippen LogP) is 3.99. The third-order valence-corrected chi connectivity index (χ3v) is 8.95. The zero-order valence-corrected chi connectivity index (χ0v) is 21.6.